The number of nitrogens with one attached hydrogen (secondary N) is 1. The second-order valence-corrected chi connectivity index (χ2v) is 18.7. The van der Waals surface area contributed by atoms with Crippen LogP contribution >= 0.6 is 0 Å². The Kier molecular flexibility index (Phi) is 22.9. The summed E-state index contributed by atoms with van der Waals surface area (Å²) >= 11 is 0. The van der Waals surface area contributed by atoms with Gasteiger partial charge in [0.2, 0.25) is 0 Å². The fraction of sp³-hybridized carbons (Fsp3) is 0.615. The van der Waals surface area contributed by atoms with Gasteiger partial charge in [-0.15, -0.1) is 0 Å². The molecule has 16 nitrogen and oxygen atoms in total. The molecule has 378 valence electrons. The van der Waals surface area contributed by atoms with Crippen molar-refractivity contribution in [1.29, 1.82) is 0 Å². The quantitative estimate of drug-likeness (QED) is 0.0570. The molecular weight excluding hydrogens is 875 g/mol. The summed E-state index contributed by atoms with van der Waals surface area (Å²) < 4.78 is 50.3. The molecule has 1 fully saturated rings. The van der Waals surface area contributed by atoms with E-state index in [2.05, 4.69) is 22.9 Å². The van der Waals surface area contributed by atoms with Crippen molar-refractivity contribution < 1.29 is 57.0 Å². The Balaban J connectivity index is 1.13. The van der Waals surface area contributed by atoms with Gasteiger partial charge < -0.3 is 52.5 Å². The number of aromatic amines is 1. The zero-order valence-electron chi connectivity index (χ0n) is 42.3. The number of pyridine rings is 1. The van der Waals surface area contributed by atoms with Crippen LogP contribution in [0, 0.1) is 20.8 Å². The summed E-state index contributed by atoms with van der Waals surface area (Å²) in [5.74, 6) is 0.723. The average Bonchev–Trinajstić information content (AvgIpc) is 3.27. The van der Waals surface area contributed by atoms with E-state index in [0.29, 0.717) is 88.8 Å². The van der Waals surface area contributed by atoms with Gasteiger partial charge in [0.15, 0.2) is 5.78 Å². The van der Waals surface area contributed by atoms with Crippen molar-refractivity contribution in [2.45, 2.75) is 112 Å². The van der Waals surface area contributed by atoms with E-state index < -0.39 is 23.4 Å². The molecule has 1 aliphatic rings. The molecule has 0 radical (unpaired) electrons. The van der Waals surface area contributed by atoms with Crippen molar-refractivity contribution >= 4 is 23.7 Å². The predicted octanol–water partition coefficient (Wildman–Crippen LogP) is 8.42. The molecule has 4 rings (SSSR count). The lowest BCUT2D eigenvalue weighted by Gasteiger charge is -2.37. The number of imide groups is 1. The fourth-order valence-electron chi connectivity index (χ4n) is 7.63. The Bertz CT molecular complexity index is 2060. The number of amides is 2. The topological polar surface area (TPSA) is 174 Å². The van der Waals surface area contributed by atoms with Gasteiger partial charge in [0.25, 0.3) is 5.56 Å². The smallest absolute Gasteiger partial charge is 0.419 e. The summed E-state index contributed by atoms with van der Waals surface area (Å²) in [6.07, 6.45) is 0.870. The number of hydrogen-bond acceptors (Lipinski definition) is 14. The van der Waals surface area contributed by atoms with Gasteiger partial charge in [0, 0.05) is 54.7 Å². The number of carbonyl (C=O) groups is 3. The van der Waals surface area contributed by atoms with Crippen molar-refractivity contribution in [1.82, 2.24) is 9.88 Å². The van der Waals surface area contributed by atoms with Gasteiger partial charge in [0.1, 0.15) is 23.6 Å². The number of H-pyrrole nitrogens is 1. The van der Waals surface area contributed by atoms with E-state index in [1.165, 1.54) is 0 Å². The van der Waals surface area contributed by atoms with Crippen molar-refractivity contribution in [3.05, 3.63) is 80.8 Å². The maximum atomic E-state index is 14.0. The Morgan fingerprint density at radius 1 is 0.691 bits per heavy atom. The van der Waals surface area contributed by atoms with E-state index in [1.807, 2.05) is 57.2 Å². The highest BCUT2D eigenvalue weighted by Gasteiger charge is 2.31. The Hall–Kier alpha value is -4.84. The Morgan fingerprint density at radius 3 is 1.71 bits per heavy atom. The summed E-state index contributed by atoms with van der Waals surface area (Å²) in [5.41, 5.74) is 5.27. The molecule has 0 aliphatic carbocycles. The predicted molar refractivity (Wildman–Crippen MR) is 261 cm³/mol. The molecule has 2 amide bonds. The van der Waals surface area contributed by atoms with Gasteiger partial charge in [-0.05, 0) is 141 Å². The third kappa shape index (κ3) is 19.3. The van der Waals surface area contributed by atoms with Crippen LogP contribution in [0.1, 0.15) is 100 Å². The number of ketones is 1. The molecule has 3 aromatic rings. The summed E-state index contributed by atoms with van der Waals surface area (Å²) in [6.45, 7) is 24.4. The first kappa shape index (κ1) is 55.8. The molecule has 16 heteroatoms. The van der Waals surface area contributed by atoms with Crippen molar-refractivity contribution in [3.63, 3.8) is 0 Å². The standard InChI is InChI=1S/C52H77N3O13/c1-11-54(42-18-21-60-22-19-42)46-36-41(35-45(39(46)4)47(56)17-16-44-37(2)34-38(3)53-48(44)57)40-12-14-43(15-13-40)66-33-32-65-31-30-64-29-28-63-27-26-62-25-24-61-23-20-55(49(58)67-51(5,6)7)50(59)68-52(8,9)10/h12-15,34-36,42H,11,16-33H2,1-10H3,(H,53,57). The second-order valence-electron chi connectivity index (χ2n) is 18.7. The molecule has 0 saturated carbocycles. The largest absolute Gasteiger partial charge is 0.491 e. The molecule has 1 N–H and O–H groups in total. The molecular formula is C52H77N3O13. The average molecular weight is 952 g/mol. The van der Waals surface area contributed by atoms with E-state index in [0.717, 1.165) is 71.1 Å². The number of ether oxygens (including phenoxy) is 9. The van der Waals surface area contributed by atoms with E-state index in [4.69, 9.17) is 42.6 Å². The Labute approximate surface area is 403 Å². The van der Waals surface area contributed by atoms with Crippen LogP contribution in [0.15, 0.2) is 47.3 Å². The first-order valence-corrected chi connectivity index (χ1v) is 23.9. The number of Topliss-reactive ketones (excluding diaryl/α,β-unsaturated/α-hetero) is 1. The number of aromatic nitrogens is 1. The molecule has 2 heterocycles. The molecule has 1 aliphatic heterocycles. The molecule has 0 unspecified atom stereocenters. The third-order valence-corrected chi connectivity index (χ3v) is 10.9. The highest BCUT2D eigenvalue weighted by Crippen LogP contribution is 2.35. The normalized spacial score (nSPS) is 13.3. The maximum absolute atomic E-state index is 14.0. The van der Waals surface area contributed by atoms with Crippen molar-refractivity contribution in [3.8, 4) is 16.9 Å². The zero-order chi connectivity index (χ0) is 49.7. The van der Waals surface area contributed by atoms with Crippen LogP contribution < -0.4 is 15.2 Å². The van der Waals surface area contributed by atoms with Crippen LogP contribution in [0.2, 0.25) is 0 Å². The van der Waals surface area contributed by atoms with E-state index in [9.17, 15) is 19.2 Å². The number of rotatable bonds is 27. The summed E-state index contributed by atoms with van der Waals surface area (Å²) in [7, 11) is 0. The van der Waals surface area contributed by atoms with Crippen molar-refractivity contribution in [2.24, 2.45) is 0 Å². The molecule has 0 atom stereocenters. The van der Waals surface area contributed by atoms with Crippen LogP contribution in [0.4, 0.5) is 15.3 Å². The number of nitrogens with zero attached hydrogens (tertiary/aromatic N) is 2. The Morgan fingerprint density at radius 2 is 1.21 bits per heavy atom. The number of carbonyl (C=O) groups excluding carboxylic acids is 3. The molecule has 2 aromatic carbocycles. The fourth-order valence-corrected chi connectivity index (χ4v) is 7.63. The lowest BCUT2D eigenvalue weighted by atomic mass is 9.92. The van der Waals surface area contributed by atoms with E-state index in [-0.39, 0.29) is 37.5 Å². The lowest BCUT2D eigenvalue weighted by Crippen LogP contribution is -2.45. The first-order valence-electron chi connectivity index (χ1n) is 23.9. The van der Waals surface area contributed by atoms with Crippen LogP contribution in [0.5, 0.6) is 5.75 Å². The third-order valence-electron chi connectivity index (χ3n) is 10.9. The lowest BCUT2D eigenvalue weighted by molar-refractivity contribution is -0.0182. The minimum atomic E-state index is -0.794. The second kappa shape index (κ2) is 28.0. The zero-order valence-corrected chi connectivity index (χ0v) is 42.3. The minimum Gasteiger partial charge on any atom is -0.491 e. The molecule has 1 saturated heterocycles. The molecule has 0 bridgehead atoms. The SMILES string of the molecule is CCN(c1cc(-c2ccc(OCCOCCOCCOCCOCCOCCN(C(=O)OC(C)(C)C)C(=O)OC(C)(C)C)cc2)cc(C(=O)CCc2c(C)cc(C)[nH]c2=O)c1C)C1CCOCC1. The van der Waals surface area contributed by atoms with Gasteiger partial charge in [-0.2, -0.15) is 0 Å². The van der Waals surface area contributed by atoms with Crippen LogP contribution in [0.25, 0.3) is 11.1 Å². The van der Waals surface area contributed by atoms with Crippen molar-refractivity contribution in [2.75, 3.05) is 104 Å². The highest BCUT2D eigenvalue weighted by atomic mass is 16.6. The van der Waals surface area contributed by atoms with Gasteiger partial charge in [0.05, 0.1) is 72.6 Å². The van der Waals surface area contributed by atoms with E-state index in [1.54, 1.807) is 41.5 Å². The van der Waals surface area contributed by atoms with Gasteiger partial charge in [-0.25, -0.2) is 14.5 Å². The van der Waals surface area contributed by atoms with Gasteiger partial charge >= 0.3 is 12.2 Å². The molecule has 0 spiro atoms. The van der Waals surface area contributed by atoms with Gasteiger partial charge in [-0.1, -0.05) is 12.1 Å². The number of hydrogen-bond donors (Lipinski definition) is 1. The van der Waals surface area contributed by atoms with Crippen LogP contribution in [0.3, 0.4) is 0 Å². The number of anilines is 1. The first-order chi connectivity index (χ1) is 32.4. The summed E-state index contributed by atoms with van der Waals surface area (Å²) in [4.78, 5) is 58.1. The minimum absolute atomic E-state index is 0.0113. The number of benzene rings is 2. The van der Waals surface area contributed by atoms with E-state index >= 15 is 0 Å². The number of aryl methyl sites for hydroxylation is 2. The molecule has 68 heavy (non-hydrogen) atoms. The monoisotopic (exact) mass is 952 g/mol. The summed E-state index contributed by atoms with van der Waals surface area (Å²) in [5, 5.41) is 0. The van der Waals surface area contributed by atoms with Crippen LogP contribution in [-0.4, -0.2) is 144 Å². The molecule has 1 aromatic heterocycles. The highest BCUT2D eigenvalue weighted by molar-refractivity contribution is 6.00. The van der Waals surface area contributed by atoms with Crippen LogP contribution in [-0.2, 0) is 44.3 Å². The van der Waals surface area contributed by atoms with Gasteiger partial charge in [-0.3, -0.25) is 9.59 Å². The maximum Gasteiger partial charge on any atom is 0.419 e. The summed E-state index contributed by atoms with van der Waals surface area (Å²) in [6, 6.07) is 14.3.